The zero-order valence-electron chi connectivity index (χ0n) is 9.14. The van der Waals surface area contributed by atoms with Crippen LogP contribution in [0.1, 0.15) is 11.1 Å². The van der Waals surface area contributed by atoms with E-state index in [9.17, 15) is 15.3 Å². The number of hydrogen-bond acceptors (Lipinski definition) is 3. The highest BCUT2D eigenvalue weighted by atomic mass is 16.3. The number of phenols is 3. The highest BCUT2D eigenvalue weighted by Crippen LogP contribution is 2.42. The number of aromatic hydroxyl groups is 3. The smallest absolute Gasteiger partial charge is 0.131 e. The van der Waals surface area contributed by atoms with Crippen molar-refractivity contribution in [3.05, 3.63) is 41.5 Å². The van der Waals surface area contributed by atoms with Crippen LogP contribution in [0.15, 0.2) is 30.4 Å². The minimum atomic E-state index is -0.00680. The molecular weight excluding hydrogens is 216 g/mol. The Morgan fingerprint density at radius 1 is 0.882 bits per heavy atom. The first-order valence-electron chi connectivity index (χ1n) is 5.52. The van der Waals surface area contributed by atoms with Crippen molar-refractivity contribution in [1.29, 1.82) is 0 Å². The lowest BCUT2D eigenvalue weighted by molar-refractivity contribution is 0.454. The van der Waals surface area contributed by atoms with Gasteiger partial charge in [-0.25, -0.2) is 0 Å². The van der Waals surface area contributed by atoms with Crippen molar-refractivity contribution in [1.82, 2.24) is 0 Å². The number of fused-ring (bicyclic) bond motifs is 2. The molecule has 1 aliphatic carbocycles. The van der Waals surface area contributed by atoms with Crippen LogP contribution < -0.4 is 0 Å². The van der Waals surface area contributed by atoms with Gasteiger partial charge in [-0.15, -0.1) is 0 Å². The molecule has 2 aromatic carbocycles. The molecule has 0 heterocycles. The molecule has 0 amide bonds. The molecule has 1 aliphatic rings. The summed E-state index contributed by atoms with van der Waals surface area (Å²) in [5.74, 6) is 0.147. The Morgan fingerprint density at radius 2 is 1.59 bits per heavy atom. The average molecular weight is 228 g/mol. The average Bonchev–Trinajstić information content (AvgIpc) is 2.34. The number of rotatable bonds is 0. The summed E-state index contributed by atoms with van der Waals surface area (Å²) in [7, 11) is 0. The molecule has 3 nitrogen and oxygen atoms in total. The molecule has 3 N–H and O–H groups in total. The van der Waals surface area contributed by atoms with Gasteiger partial charge in [0.2, 0.25) is 0 Å². The van der Waals surface area contributed by atoms with Crippen molar-refractivity contribution >= 4 is 10.8 Å². The van der Waals surface area contributed by atoms with Gasteiger partial charge in [0, 0.05) is 10.9 Å². The van der Waals surface area contributed by atoms with Crippen molar-refractivity contribution in [2.24, 2.45) is 0 Å². The Labute approximate surface area is 98.3 Å². The molecule has 0 saturated heterocycles. The van der Waals surface area contributed by atoms with Crippen molar-refractivity contribution in [2.75, 3.05) is 0 Å². The van der Waals surface area contributed by atoms with Crippen LogP contribution in [0.4, 0.5) is 0 Å². The normalized spacial score (nSPS) is 13.9. The third-order valence-corrected chi connectivity index (χ3v) is 3.26. The van der Waals surface area contributed by atoms with Gasteiger partial charge in [-0.3, -0.25) is 0 Å². The first-order valence-corrected chi connectivity index (χ1v) is 5.52. The van der Waals surface area contributed by atoms with E-state index in [1.54, 1.807) is 0 Å². The van der Waals surface area contributed by atoms with Gasteiger partial charge in [0.25, 0.3) is 0 Å². The molecule has 0 saturated carbocycles. The van der Waals surface area contributed by atoms with E-state index < -0.39 is 0 Å². The molecule has 2 aromatic rings. The molecule has 0 bridgehead atoms. The summed E-state index contributed by atoms with van der Waals surface area (Å²) in [5, 5.41) is 30.6. The standard InChI is InChI=1S/C14H12O3/c15-11-5-6-12(16)13-10(11)7-8-3-1-2-4-9(8)14(13)17/h1-2,5-7,15-17H,3-4H2. The Hall–Kier alpha value is -2.16. The highest BCUT2D eigenvalue weighted by Gasteiger charge is 2.17. The minimum absolute atomic E-state index is 0.00680. The fraction of sp³-hybridized carbons (Fsp3) is 0.143. The predicted octanol–water partition coefficient (Wildman–Crippen LogP) is 2.61. The van der Waals surface area contributed by atoms with Crippen LogP contribution in [-0.2, 0) is 12.8 Å². The van der Waals surface area contributed by atoms with Crippen LogP contribution >= 0.6 is 0 Å². The van der Waals surface area contributed by atoms with E-state index >= 15 is 0 Å². The van der Waals surface area contributed by atoms with Gasteiger partial charge in [0.05, 0.1) is 5.39 Å². The summed E-state index contributed by atoms with van der Waals surface area (Å²) >= 11 is 0. The molecule has 0 unspecified atom stereocenters. The predicted molar refractivity (Wildman–Crippen MR) is 65.5 cm³/mol. The van der Waals surface area contributed by atoms with E-state index in [1.165, 1.54) is 12.1 Å². The lowest BCUT2D eigenvalue weighted by Crippen LogP contribution is -1.98. The maximum absolute atomic E-state index is 10.2. The lowest BCUT2D eigenvalue weighted by Gasteiger charge is -2.16. The van der Waals surface area contributed by atoms with Gasteiger partial charge in [-0.05, 0) is 36.6 Å². The molecule has 0 radical (unpaired) electrons. The monoisotopic (exact) mass is 228 g/mol. The minimum Gasteiger partial charge on any atom is -0.507 e. The SMILES string of the molecule is Oc1ccc(O)c2c(O)c3c(cc12)CC=CC3. The second-order valence-electron chi connectivity index (χ2n) is 4.27. The fourth-order valence-corrected chi connectivity index (χ4v) is 2.38. The third-order valence-electron chi connectivity index (χ3n) is 3.26. The van der Waals surface area contributed by atoms with Crippen molar-refractivity contribution in [3.8, 4) is 17.2 Å². The summed E-state index contributed by atoms with van der Waals surface area (Å²) < 4.78 is 0. The van der Waals surface area contributed by atoms with Gasteiger partial charge >= 0.3 is 0 Å². The molecular formula is C14H12O3. The molecule has 17 heavy (non-hydrogen) atoms. The largest absolute Gasteiger partial charge is 0.507 e. The molecule has 0 atom stereocenters. The molecule has 3 rings (SSSR count). The van der Waals surface area contributed by atoms with E-state index in [1.807, 2.05) is 18.2 Å². The summed E-state index contributed by atoms with van der Waals surface area (Å²) in [6, 6.07) is 4.66. The van der Waals surface area contributed by atoms with Crippen LogP contribution in [0.5, 0.6) is 17.2 Å². The number of phenolic OH excluding ortho intramolecular Hbond substituents is 3. The highest BCUT2D eigenvalue weighted by molar-refractivity contribution is 5.99. The first-order chi connectivity index (χ1) is 8.18. The summed E-state index contributed by atoms with van der Waals surface area (Å²) in [5.41, 5.74) is 1.83. The van der Waals surface area contributed by atoms with Crippen LogP contribution in [0.25, 0.3) is 10.8 Å². The van der Waals surface area contributed by atoms with E-state index in [0.717, 1.165) is 17.5 Å². The van der Waals surface area contributed by atoms with Gasteiger partial charge in [-0.1, -0.05) is 12.2 Å². The Kier molecular flexibility index (Phi) is 2.01. The van der Waals surface area contributed by atoms with Gasteiger partial charge in [0.1, 0.15) is 17.2 Å². The second kappa shape index (κ2) is 3.42. The number of hydrogen-bond donors (Lipinski definition) is 3. The Morgan fingerprint density at radius 3 is 2.41 bits per heavy atom. The quantitative estimate of drug-likeness (QED) is 0.480. The summed E-state index contributed by atoms with van der Waals surface area (Å²) in [6.07, 6.45) is 5.43. The zero-order valence-corrected chi connectivity index (χ0v) is 9.14. The molecule has 0 aliphatic heterocycles. The molecule has 3 heteroatoms. The molecule has 86 valence electrons. The zero-order chi connectivity index (χ0) is 12.0. The fourth-order valence-electron chi connectivity index (χ4n) is 2.38. The van der Waals surface area contributed by atoms with Crippen LogP contribution in [0, 0.1) is 0 Å². The van der Waals surface area contributed by atoms with Gasteiger partial charge in [-0.2, -0.15) is 0 Å². The van der Waals surface area contributed by atoms with Crippen LogP contribution in [0.2, 0.25) is 0 Å². The van der Waals surface area contributed by atoms with E-state index in [2.05, 4.69) is 0 Å². The van der Waals surface area contributed by atoms with Crippen molar-refractivity contribution in [2.45, 2.75) is 12.8 Å². The van der Waals surface area contributed by atoms with E-state index in [4.69, 9.17) is 0 Å². The molecule has 0 fully saturated rings. The van der Waals surface area contributed by atoms with Crippen LogP contribution in [-0.4, -0.2) is 15.3 Å². The number of allylic oxidation sites excluding steroid dienone is 2. The molecule has 0 aromatic heterocycles. The van der Waals surface area contributed by atoms with E-state index in [0.29, 0.717) is 17.2 Å². The Balaban J connectivity index is 2.46. The summed E-state index contributed by atoms with van der Waals surface area (Å²) in [6.45, 7) is 0. The van der Waals surface area contributed by atoms with Crippen molar-refractivity contribution in [3.63, 3.8) is 0 Å². The lowest BCUT2D eigenvalue weighted by atomic mass is 9.91. The maximum Gasteiger partial charge on any atom is 0.131 e. The third kappa shape index (κ3) is 1.35. The van der Waals surface area contributed by atoms with E-state index in [-0.39, 0.29) is 17.2 Å². The van der Waals surface area contributed by atoms with Crippen LogP contribution in [0.3, 0.4) is 0 Å². The summed E-state index contributed by atoms with van der Waals surface area (Å²) in [4.78, 5) is 0. The van der Waals surface area contributed by atoms with Gasteiger partial charge < -0.3 is 15.3 Å². The second-order valence-corrected chi connectivity index (χ2v) is 4.27. The topological polar surface area (TPSA) is 60.7 Å². The first kappa shape index (κ1) is 10.0. The number of benzene rings is 2. The maximum atomic E-state index is 10.2. The van der Waals surface area contributed by atoms with Gasteiger partial charge in [0.15, 0.2) is 0 Å². The van der Waals surface area contributed by atoms with Crippen molar-refractivity contribution < 1.29 is 15.3 Å². The Bertz CT molecular complexity index is 642. The molecule has 0 spiro atoms.